The van der Waals surface area contributed by atoms with Crippen LogP contribution in [-0.2, 0) is 14.4 Å². The van der Waals surface area contributed by atoms with Crippen molar-refractivity contribution in [1.82, 2.24) is 10.2 Å². The Bertz CT molecular complexity index is 252. The van der Waals surface area contributed by atoms with E-state index in [-0.39, 0.29) is 12.5 Å². The summed E-state index contributed by atoms with van der Waals surface area (Å²) in [4.78, 5) is 33.9. The van der Waals surface area contributed by atoms with Crippen LogP contribution in [-0.4, -0.2) is 47.4 Å². The number of nitrogens with zero attached hydrogens (tertiary/aromatic N) is 1. The number of carbonyl (C=O) groups is 3. The van der Waals surface area contributed by atoms with Crippen molar-refractivity contribution in [1.29, 1.82) is 0 Å². The van der Waals surface area contributed by atoms with Crippen molar-refractivity contribution in [3.05, 3.63) is 0 Å². The third-order valence-corrected chi connectivity index (χ3v) is 1.75. The van der Waals surface area contributed by atoms with E-state index in [1.807, 2.05) is 0 Å². The number of hydrogen-bond donors (Lipinski definition) is 2. The lowest BCUT2D eigenvalue weighted by molar-refractivity contribution is -0.145. The number of carbonyl (C=O) groups excluding carboxylic acids is 2. The zero-order chi connectivity index (χ0) is 11.8. The second-order valence-corrected chi connectivity index (χ2v) is 2.93. The van der Waals surface area contributed by atoms with Gasteiger partial charge in [0.25, 0.3) is 0 Å². The molecule has 0 saturated carbocycles. The fraction of sp³-hybridized carbons (Fsp3) is 0.667. The van der Waals surface area contributed by atoms with E-state index in [1.165, 1.54) is 4.90 Å². The van der Waals surface area contributed by atoms with E-state index in [9.17, 15) is 14.4 Å². The lowest BCUT2D eigenvalue weighted by atomic mass is 10.3. The molecule has 0 aromatic rings. The second-order valence-electron chi connectivity index (χ2n) is 2.93. The summed E-state index contributed by atoms with van der Waals surface area (Å²) < 4.78 is 0. The van der Waals surface area contributed by atoms with E-state index < -0.39 is 18.3 Å². The molecule has 0 spiro atoms. The number of amides is 2. The number of nitrogens with one attached hydrogen (secondary N) is 1. The number of rotatable bonds is 6. The molecule has 0 fully saturated rings. The third-order valence-electron chi connectivity index (χ3n) is 1.75. The molecule has 0 atom stereocenters. The summed E-state index contributed by atoms with van der Waals surface area (Å²) in [5.74, 6) is -2.01. The molecule has 0 bridgehead atoms. The number of carboxylic acids is 1. The van der Waals surface area contributed by atoms with E-state index in [0.29, 0.717) is 13.1 Å². The minimum atomic E-state index is -1.19. The molecule has 0 aromatic carbocycles. The molecule has 2 amide bonds. The minimum Gasteiger partial charge on any atom is -0.481 e. The third kappa shape index (κ3) is 5.66. The molecule has 0 aliphatic rings. The fourth-order valence-electron chi connectivity index (χ4n) is 1.04. The molecule has 0 aliphatic carbocycles. The van der Waals surface area contributed by atoms with Crippen molar-refractivity contribution < 1.29 is 19.5 Å². The molecule has 0 aliphatic heterocycles. The molecular formula is C9H16N2O4. The molecule has 0 saturated heterocycles. The van der Waals surface area contributed by atoms with Gasteiger partial charge in [0.1, 0.15) is 6.42 Å². The van der Waals surface area contributed by atoms with Crippen LogP contribution in [0.5, 0.6) is 0 Å². The minimum absolute atomic E-state index is 0.0869. The summed E-state index contributed by atoms with van der Waals surface area (Å²) in [5, 5.41) is 11.0. The number of carboxylic acid groups (broad SMARTS) is 1. The van der Waals surface area contributed by atoms with Crippen LogP contribution in [0.15, 0.2) is 0 Å². The molecule has 0 rings (SSSR count). The average Bonchev–Trinajstić information content (AvgIpc) is 2.13. The topological polar surface area (TPSA) is 86.7 Å². The summed E-state index contributed by atoms with van der Waals surface area (Å²) in [6.07, 6.45) is -0.576. The van der Waals surface area contributed by atoms with Crippen LogP contribution in [0.2, 0.25) is 0 Å². The SMILES string of the molecule is CCNC(=O)CN(CC)C(=O)CC(=O)O. The average molecular weight is 216 g/mol. The molecule has 0 heterocycles. The van der Waals surface area contributed by atoms with Gasteiger partial charge in [0.2, 0.25) is 11.8 Å². The molecule has 2 N–H and O–H groups in total. The van der Waals surface area contributed by atoms with Crippen LogP contribution in [0.25, 0.3) is 0 Å². The first-order valence-corrected chi connectivity index (χ1v) is 4.77. The van der Waals surface area contributed by atoms with Gasteiger partial charge in [-0.3, -0.25) is 14.4 Å². The summed E-state index contributed by atoms with van der Waals surface area (Å²) >= 11 is 0. The molecule has 6 nitrogen and oxygen atoms in total. The van der Waals surface area contributed by atoms with E-state index >= 15 is 0 Å². The van der Waals surface area contributed by atoms with Crippen molar-refractivity contribution in [2.75, 3.05) is 19.6 Å². The zero-order valence-corrected chi connectivity index (χ0v) is 8.95. The van der Waals surface area contributed by atoms with Crippen LogP contribution < -0.4 is 5.32 Å². The second kappa shape index (κ2) is 6.80. The van der Waals surface area contributed by atoms with Crippen LogP contribution in [0.3, 0.4) is 0 Å². The van der Waals surface area contributed by atoms with Crippen molar-refractivity contribution in [2.45, 2.75) is 20.3 Å². The van der Waals surface area contributed by atoms with Gasteiger partial charge in [-0.25, -0.2) is 0 Å². The van der Waals surface area contributed by atoms with Gasteiger partial charge in [-0.1, -0.05) is 0 Å². The van der Waals surface area contributed by atoms with Crippen molar-refractivity contribution in [2.24, 2.45) is 0 Å². The van der Waals surface area contributed by atoms with Crippen molar-refractivity contribution >= 4 is 17.8 Å². The van der Waals surface area contributed by atoms with Gasteiger partial charge in [0, 0.05) is 13.1 Å². The quantitative estimate of drug-likeness (QED) is 0.583. The highest BCUT2D eigenvalue weighted by Gasteiger charge is 2.17. The lowest BCUT2D eigenvalue weighted by Gasteiger charge is -2.19. The number of aliphatic carboxylic acids is 1. The summed E-state index contributed by atoms with van der Waals surface area (Å²) in [6, 6.07) is 0. The molecular weight excluding hydrogens is 200 g/mol. The van der Waals surface area contributed by atoms with E-state index in [4.69, 9.17) is 5.11 Å². The van der Waals surface area contributed by atoms with Crippen LogP contribution in [0.1, 0.15) is 20.3 Å². The van der Waals surface area contributed by atoms with Crippen LogP contribution in [0, 0.1) is 0 Å². The Morgan fingerprint density at radius 1 is 1.27 bits per heavy atom. The molecule has 86 valence electrons. The Labute approximate surface area is 88.2 Å². The monoisotopic (exact) mass is 216 g/mol. The van der Waals surface area contributed by atoms with Gasteiger partial charge in [-0.2, -0.15) is 0 Å². The maximum atomic E-state index is 11.3. The molecule has 0 radical (unpaired) electrons. The standard InChI is InChI=1S/C9H16N2O4/c1-3-10-7(12)6-11(4-2)8(13)5-9(14)15/h3-6H2,1-2H3,(H,10,12)(H,14,15). The molecule has 0 aromatic heterocycles. The first-order chi connectivity index (χ1) is 7.01. The Balaban J connectivity index is 4.17. The van der Waals surface area contributed by atoms with E-state index in [1.54, 1.807) is 13.8 Å². The van der Waals surface area contributed by atoms with E-state index in [0.717, 1.165) is 0 Å². The van der Waals surface area contributed by atoms with E-state index in [2.05, 4.69) is 5.32 Å². The predicted octanol–water partition coefficient (Wildman–Crippen LogP) is -0.554. The first kappa shape index (κ1) is 13.4. The number of hydrogen-bond acceptors (Lipinski definition) is 3. The molecule has 6 heteroatoms. The van der Waals surface area contributed by atoms with Crippen LogP contribution >= 0.6 is 0 Å². The summed E-state index contributed by atoms with van der Waals surface area (Å²) in [7, 11) is 0. The fourth-order valence-corrected chi connectivity index (χ4v) is 1.04. The maximum Gasteiger partial charge on any atom is 0.312 e. The highest BCUT2D eigenvalue weighted by molar-refractivity contribution is 5.95. The Kier molecular flexibility index (Phi) is 6.08. The normalized spacial score (nSPS) is 9.47. The lowest BCUT2D eigenvalue weighted by Crippen LogP contribution is -2.41. The predicted molar refractivity (Wildman–Crippen MR) is 53.2 cm³/mol. The smallest absolute Gasteiger partial charge is 0.312 e. The van der Waals surface area contributed by atoms with Gasteiger partial charge < -0.3 is 15.3 Å². The number of likely N-dealkylation sites (N-methyl/N-ethyl adjacent to an activating group) is 2. The molecule has 15 heavy (non-hydrogen) atoms. The van der Waals surface area contributed by atoms with Gasteiger partial charge in [0.05, 0.1) is 6.54 Å². The maximum absolute atomic E-state index is 11.3. The Hall–Kier alpha value is -1.59. The van der Waals surface area contributed by atoms with Crippen molar-refractivity contribution in [3.8, 4) is 0 Å². The highest BCUT2D eigenvalue weighted by Crippen LogP contribution is 1.94. The highest BCUT2D eigenvalue weighted by atomic mass is 16.4. The van der Waals surface area contributed by atoms with Gasteiger partial charge in [-0.05, 0) is 13.8 Å². The summed E-state index contributed by atoms with van der Waals surface area (Å²) in [6.45, 7) is 4.19. The summed E-state index contributed by atoms with van der Waals surface area (Å²) in [5.41, 5.74) is 0. The zero-order valence-electron chi connectivity index (χ0n) is 8.95. The Morgan fingerprint density at radius 3 is 2.27 bits per heavy atom. The van der Waals surface area contributed by atoms with Gasteiger partial charge >= 0.3 is 5.97 Å². The Morgan fingerprint density at radius 2 is 1.87 bits per heavy atom. The molecule has 0 unspecified atom stereocenters. The largest absolute Gasteiger partial charge is 0.481 e. The van der Waals surface area contributed by atoms with Gasteiger partial charge in [0.15, 0.2) is 0 Å². The van der Waals surface area contributed by atoms with Crippen LogP contribution in [0.4, 0.5) is 0 Å². The first-order valence-electron chi connectivity index (χ1n) is 4.77. The van der Waals surface area contributed by atoms with Crippen molar-refractivity contribution in [3.63, 3.8) is 0 Å². The van der Waals surface area contributed by atoms with Gasteiger partial charge in [-0.15, -0.1) is 0 Å².